The second-order valence-electron chi connectivity index (χ2n) is 7.24. The molecule has 0 aliphatic carbocycles. The third-order valence-electron chi connectivity index (χ3n) is 5.03. The summed E-state index contributed by atoms with van der Waals surface area (Å²) in [5.74, 6) is -0.112. The molecular weight excluding hydrogens is 420 g/mol. The van der Waals surface area contributed by atoms with Crippen molar-refractivity contribution >= 4 is 44.0 Å². The van der Waals surface area contributed by atoms with Gasteiger partial charge in [0.1, 0.15) is 0 Å². The van der Waals surface area contributed by atoms with Crippen molar-refractivity contribution in [1.29, 1.82) is 0 Å². The molecule has 3 rings (SSSR count). The number of benzene rings is 3. The molecule has 5 nitrogen and oxygen atoms in total. The van der Waals surface area contributed by atoms with Gasteiger partial charge in [0.15, 0.2) is 0 Å². The summed E-state index contributed by atoms with van der Waals surface area (Å²) in [6, 6.07) is 19.2. The van der Waals surface area contributed by atoms with E-state index in [1.807, 2.05) is 42.5 Å². The summed E-state index contributed by atoms with van der Waals surface area (Å²) >= 11 is 6.15. The van der Waals surface area contributed by atoms with Gasteiger partial charge in [0, 0.05) is 24.5 Å². The SMILES string of the molecule is Cc1c(Cl)cccc1N(CCCC(=O)NCc1cccc2ccccc12)S(C)(=O)=O. The highest BCUT2D eigenvalue weighted by molar-refractivity contribution is 7.92. The lowest BCUT2D eigenvalue weighted by Crippen LogP contribution is -2.32. The van der Waals surface area contributed by atoms with Crippen LogP contribution < -0.4 is 9.62 Å². The van der Waals surface area contributed by atoms with Crippen molar-refractivity contribution in [2.45, 2.75) is 26.3 Å². The van der Waals surface area contributed by atoms with Crippen LogP contribution in [0.2, 0.25) is 5.02 Å². The van der Waals surface area contributed by atoms with Crippen LogP contribution in [-0.4, -0.2) is 27.1 Å². The maximum Gasteiger partial charge on any atom is 0.232 e. The number of anilines is 1. The van der Waals surface area contributed by atoms with Crippen LogP contribution in [0, 0.1) is 6.92 Å². The molecule has 0 bridgehead atoms. The van der Waals surface area contributed by atoms with Crippen molar-refractivity contribution in [3.05, 3.63) is 76.8 Å². The zero-order valence-electron chi connectivity index (χ0n) is 17.1. The summed E-state index contributed by atoms with van der Waals surface area (Å²) < 4.78 is 25.9. The number of amides is 1. The van der Waals surface area contributed by atoms with Gasteiger partial charge in [-0.1, -0.05) is 60.1 Å². The second-order valence-corrected chi connectivity index (χ2v) is 9.55. The molecule has 7 heteroatoms. The normalized spacial score (nSPS) is 11.4. The molecule has 0 saturated carbocycles. The Hall–Kier alpha value is -2.57. The van der Waals surface area contributed by atoms with Gasteiger partial charge in [0.05, 0.1) is 11.9 Å². The minimum Gasteiger partial charge on any atom is -0.352 e. The van der Waals surface area contributed by atoms with Gasteiger partial charge in [-0.05, 0) is 47.4 Å². The molecule has 0 fully saturated rings. The van der Waals surface area contributed by atoms with E-state index in [4.69, 9.17) is 11.6 Å². The van der Waals surface area contributed by atoms with Crippen molar-refractivity contribution in [3.63, 3.8) is 0 Å². The molecule has 0 unspecified atom stereocenters. The van der Waals surface area contributed by atoms with Crippen LogP contribution in [0.15, 0.2) is 60.7 Å². The van der Waals surface area contributed by atoms with Gasteiger partial charge in [-0.25, -0.2) is 8.42 Å². The number of carbonyl (C=O) groups is 1. The Morgan fingerprint density at radius 2 is 1.73 bits per heavy atom. The molecule has 158 valence electrons. The van der Waals surface area contributed by atoms with E-state index in [1.165, 1.54) is 4.31 Å². The minimum absolute atomic E-state index is 0.112. The number of carbonyl (C=O) groups excluding carboxylic acids is 1. The lowest BCUT2D eigenvalue weighted by Gasteiger charge is -2.24. The van der Waals surface area contributed by atoms with Crippen molar-refractivity contribution in [3.8, 4) is 0 Å². The van der Waals surface area contributed by atoms with Crippen LogP contribution in [0.4, 0.5) is 5.69 Å². The number of halogens is 1. The van der Waals surface area contributed by atoms with Gasteiger partial charge in [0.25, 0.3) is 0 Å². The molecule has 1 amide bonds. The molecule has 0 aromatic heterocycles. The van der Waals surface area contributed by atoms with Crippen LogP contribution in [-0.2, 0) is 21.4 Å². The number of nitrogens with zero attached hydrogens (tertiary/aromatic N) is 1. The van der Waals surface area contributed by atoms with Gasteiger partial charge in [-0.2, -0.15) is 0 Å². The van der Waals surface area contributed by atoms with Crippen LogP contribution in [0.3, 0.4) is 0 Å². The number of fused-ring (bicyclic) bond motifs is 1. The summed E-state index contributed by atoms with van der Waals surface area (Å²) in [5.41, 5.74) is 2.29. The van der Waals surface area contributed by atoms with E-state index in [0.717, 1.165) is 22.6 Å². The Kier molecular flexibility index (Phi) is 7.00. The van der Waals surface area contributed by atoms with Crippen molar-refractivity contribution < 1.29 is 13.2 Å². The summed E-state index contributed by atoms with van der Waals surface area (Å²) in [5, 5.41) is 5.68. The second kappa shape index (κ2) is 9.49. The van der Waals surface area contributed by atoms with E-state index in [2.05, 4.69) is 5.32 Å². The smallest absolute Gasteiger partial charge is 0.232 e. The molecule has 0 heterocycles. The predicted molar refractivity (Wildman–Crippen MR) is 123 cm³/mol. The van der Waals surface area contributed by atoms with Crippen molar-refractivity contribution in [1.82, 2.24) is 5.32 Å². The minimum atomic E-state index is -3.49. The first kappa shape index (κ1) is 22.1. The Morgan fingerprint density at radius 1 is 1.03 bits per heavy atom. The molecule has 30 heavy (non-hydrogen) atoms. The number of hydrogen-bond donors (Lipinski definition) is 1. The maximum atomic E-state index is 12.3. The molecule has 0 saturated heterocycles. The summed E-state index contributed by atoms with van der Waals surface area (Å²) in [4.78, 5) is 12.3. The van der Waals surface area contributed by atoms with Gasteiger partial charge >= 0.3 is 0 Å². The fraction of sp³-hybridized carbons (Fsp3) is 0.261. The lowest BCUT2D eigenvalue weighted by atomic mass is 10.0. The Bertz CT molecular complexity index is 1160. The van der Waals surface area contributed by atoms with Crippen LogP contribution >= 0.6 is 11.6 Å². The summed E-state index contributed by atoms with van der Waals surface area (Å²) in [7, 11) is -3.49. The van der Waals surface area contributed by atoms with E-state index >= 15 is 0 Å². The molecule has 3 aromatic rings. The first-order valence-corrected chi connectivity index (χ1v) is 12.0. The fourth-order valence-electron chi connectivity index (χ4n) is 3.44. The van der Waals surface area contributed by atoms with Crippen molar-refractivity contribution in [2.75, 3.05) is 17.1 Å². The quantitative estimate of drug-likeness (QED) is 0.549. The van der Waals surface area contributed by atoms with E-state index in [0.29, 0.717) is 29.2 Å². The molecule has 3 aromatic carbocycles. The topological polar surface area (TPSA) is 66.5 Å². The first-order chi connectivity index (χ1) is 14.3. The Labute approximate surface area is 182 Å². The van der Waals surface area contributed by atoms with Crippen LogP contribution in [0.25, 0.3) is 10.8 Å². The Balaban J connectivity index is 1.60. The highest BCUT2D eigenvalue weighted by Gasteiger charge is 2.20. The van der Waals surface area contributed by atoms with Gasteiger partial charge < -0.3 is 5.32 Å². The number of rotatable bonds is 8. The van der Waals surface area contributed by atoms with Gasteiger partial charge in [-0.15, -0.1) is 0 Å². The molecule has 0 atom stereocenters. The first-order valence-electron chi connectivity index (χ1n) is 9.73. The maximum absolute atomic E-state index is 12.3. The third-order valence-corrected chi connectivity index (χ3v) is 6.62. The molecular formula is C23H25ClN2O3S. The zero-order chi connectivity index (χ0) is 21.7. The summed E-state index contributed by atoms with van der Waals surface area (Å²) in [6.45, 7) is 2.43. The average molecular weight is 445 g/mol. The monoisotopic (exact) mass is 444 g/mol. The molecule has 0 radical (unpaired) electrons. The number of nitrogens with one attached hydrogen (secondary N) is 1. The van der Waals surface area contributed by atoms with Gasteiger partial charge in [0.2, 0.25) is 15.9 Å². The molecule has 0 aliphatic heterocycles. The fourth-order valence-corrected chi connectivity index (χ4v) is 4.63. The highest BCUT2D eigenvalue weighted by Crippen LogP contribution is 2.28. The Morgan fingerprint density at radius 3 is 2.50 bits per heavy atom. The highest BCUT2D eigenvalue weighted by atomic mass is 35.5. The summed E-state index contributed by atoms with van der Waals surface area (Å²) in [6.07, 6.45) is 1.80. The predicted octanol–water partition coefficient (Wildman–Crippen LogP) is 4.66. The van der Waals surface area contributed by atoms with E-state index in [-0.39, 0.29) is 18.9 Å². The van der Waals surface area contributed by atoms with E-state index < -0.39 is 10.0 Å². The van der Waals surface area contributed by atoms with Crippen LogP contribution in [0.1, 0.15) is 24.0 Å². The largest absolute Gasteiger partial charge is 0.352 e. The van der Waals surface area contributed by atoms with Gasteiger partial charge in [-0.3, -0.25) is 9.10 Å². The van der Waals surface area contributed by atoms with E-state index in [1.54, 1.807) is 25.1 Å². The molecule has 0 spiro atoms. The van der Waals surface area contributed by atoms with Crippen molar-refractivity contribution in [2.24, 2.45) is 0 Å². The number of sulfonamides is 1. The van der Waals surface area contributed by atoms with E-state index in [9.17, 15) is 13.2 Å². The van der Waals surface area contributed by atoms with Crippen LogP contribution in [0.5, 0.6) is 0 Å². The molecule has 0 aliphatic rings. The lowest BCUT2D eigenvalue weighted by molar-refractivity contribution is -0.121. The average Bonchev–Trinajstić information content (AvgIpc) is 2.71. The zero-order valence-corrected chi connectivity index (χ0v) is 18.6. The standard InChI is InChI=1S/C23H25ClN2O3S/c1-17-21(24)12-6-13-22(17)26(30(2,28)29)15-7-14-23(27)25-16-19-10-5-9-18-8-3-4-11-20(18)19/h3-6,8-13H,7,14-16H2,1-2H3,(H,25,27). The molecule has 1 N–H and O–H groups in total. The number of hydrogen-bond acceptors (Lipinski definition) is 3. The third kappa shape index (κ3) is 5.32.